The first-order valence-electron chi connectivity index (χ1n) is 8.81. The van der Waals surface area contributed by atoms with Crippen molar-refractivity contribution in [1.82, 2.24) is 5.32 Å². The SMILES string of the molecule is CN(C)c1ccc(COC[C@H](NC(=S)CC(=O)c2ccccc2)C(=O)O)cc1. The number of carboxylic acid groups (broad SMARTS) is 1. The number of anilines is 1. The number of hydrogen-bond acceptors (Lipinski definition) is 5. The summed E-state index contributed by atoms with van der Waals surface area (Å²) in [7, 11) is 3.92. The molecule has 1 atom stereocenters. The van der Waals surface area contributed by atoms with E-state index in [1.54, 1.807) is 24.3 Å². The third-order valence-corrected chi connectivity index (χ3v) is 4.32. The molecular weight excluding hydrogens is 376 g/mol. The number of benzene rings is 2. The summed E-state index contributed by atoms with van der Waals surface area (Å²) in [6.07, 6.45) is -0.0465. The quantitative estimate of drug-likeness (QED) is 0.469. The summed E-state index contributed by atoms with van der Waals surface area (Å²) in [5.74, 6) is -1.25. The number of carbonyl (C=O) groups is 2. The predicted molar refractivity (Wildman–Crippen MR) is 113 cm³/mol. The molecule has 2 aromatic carbocycles. The molecule has 0 bridgehead atoms. The molecule has 2 N–H and O–H groups in total. The van der Waals surface area contributed by atoms with E-state index in [0.29, 0.717) is 5.56 Å². The molecule has 0 fully saturated rings. The molecule has 0 radical (unpaired) electrons. The molecule has 2 aromatic rings. The topological polar surface area (TPSA) is 78.9 Å². The van der Waals surface area contributed by atoms with Crippen molar-refractivity contribution in [3.8, 4) is 0 Å². The molecule has 0 unspecified atom stereocenters. The van der Waals surface area contributed by atoms with Crippen LogP contribution in [0, 0.1) is 0 Å². The molecule has 0 heterocycles. The van der Waals surface area contributed by atoms with Crippen LogP contribution >= 0.6 is 12.2 Å². The number of thiocarbonyl (C=S) groups is 1. The smallest absolute Gasteiger partial charge is 0.328 e. The Bertz CT molecular complexity index is 807. The minimum atomic E-state index is -1.09. The predicted octanol–water partition coefficient (Wildman–Crippen LogP) is 2.91. The van der Waals surface area contributed by atoms with Gasteiger partial charge in [0.15, 0.2) is 5.78 Å². The van der Waals surface area contributed by atoms with Gasteiger partial charge in [0.05, 0.1) is 24.6 Å². The molecule has 0 saturated carbocycles. The highest BCUT2D eigenvalue weighted by molar-refractivity contribution is 7.80. The van der Waals surface area contributed by atoms with Gasteiger partial charge in [-0.1, -0.05) is 54.7 Å². The molecular formula is C21H24N2O4S. The molecule has 148 valence electrons. The Morgan fingerprint density at radius 1 is 1.11 bits per heavy atom. The van der Waals surface area contributed by atoms with E-state index in [9.17, 15) is 14.7 Å². The zero-order valence-corrected chi connectivity index (χ0v) is 16.7. The molecule has 0 aromatic heterocycles. The van der Waals surface area contributed by atoms with E-state index in [-0.39, 0.29) is 30.4 Å². The van der Waals surface area contributed by atoms with Gasteiger partial charge < -0.3 is 20.1 Å². The minimum absolute atomic E-state index is 0.0465. The van der Waals surface area contributed by atoms with Crippen LogP contribution in [0.25, 0.3) is 0 Å². The number of ketones is 1. The van der Waals surface area contributed by atoms with E-state index >= 15 is 0 Å². The molecule has 0 saturated heterocycles. The maximum Gasteiger partial charge on any atom is 0.328 e. The van der Waals surface area contributed by atoms with Crippen molar-refractivity contribution >= 4 is 34.6 Å². The maximum atomic E-state index is 12.2. The maximum absolute atomic E-state index is 12.2. The van der Waals surface area contributed by atoms with Crippen molar-refractivity contribution in [1.29, 1.82) is 0 Å². The van der Waals surface area contributed by atoms with Crippen molar-refractivity contribution in [3.63, 3.8) is 0 Å². The lowest BCUT2D eigenvalue weighted by atomic mass is 10.1. The van der Waals surface area contributed by atoms with E-state index in [2.05, 4.69) is 5.32 Å². The van der Waals surface area contributed by atoms with E-state index < -0.39 is 12.0 Å². The fourth-order valence-electron chi connectivity index (χ4n) is 2.48. The lowest BCUT2D eigenvalue weighted by Gasteiger charge is -2.17. The fourth-order valence-corrected chi connectivity index (χ4v) is 2.75. The summed E-state index contributed by atoms with van der Waals surface area (Å²) in [6.45, 7) is 0.222. The summed E-state index contributed by atoms with van der Waals surface area (Å²) in [5.41, 5.74) is 2.55. The fraction of sp³-hybridized carbons (Fsp3) is 0.286. The van der Waals surface area contributed by atoms with Crippen LogP contribution in [-0.2, 0) is 16.1 Å². The van der Waals surface area contributed by atoms with Gasteiger partial charge in [0.25, 0.3) is 0 Å². The third kappa shape index (κ3) is 6.75. The van der Waals surface area contributed by atoms with Gasteiger partial charge in [-0.25, -0.2) is 4.79 Å². The number of nitrogens with zero attached hydrogens (tertiary/aromatic N) is 1. The summed E-state index contributed by atoms with van der Waals surface area (Å²) in [5, 5.41) is 12.1. The van der Waals surface area contributed by atoms with Crippen LogP contribution < -0.4 is 10.2 Å². The molecule has 7 heteroatoms. The van der Waals surface area contributed by atoms with Crippen molar-refractivity contribution in [2.75, 3.05) is 25.6 Å². The highest BCUT2D eigenvalue weighted by atomic mass is 32.1. The highest BCUT2D eigenvalue weighted by Crippen LogP contribution is 2.13. The molecule has 6 nitrogen and oxygen atoms in total. The molecule has 0 aliphatic rings. The van der Waals surface area contributed by atoms with Crippen molar-refractivity contribution in [2.24, 2.45) is 0 Å². The Hall–Kier alpha value is -2.77. The molecule has 0 aliphatic heterocycles. The molecule has 2 rings (SSSR count). The van der Waals surface area contributed by atoms with Gasteiger partial charge in [-0.05, 0) is 17.7 Å². The van der Waals surface area contributed by atoms with Gasteiger partial charge in [0.2, 0.25) is 0 Å². The van der Waals surface area contributed by atoms with Crippen LogP contribution in [-0.4, -0.2) is 48.6 Å². The summed E-state index contributed by atoms with van der Waals surface area (Å²) < 4.78 is 5.53. The number of carbonyl (C=O) groups excluding carboxylic acids is 1. The monoisotopic (exact) mass is 400 g/mol. The van der Waals surface area contributed by atoms with Crippen LogP contribution in [0.5, 0.6) is 0 Å². The Morgan fingerprint density at radius 3 is 2.32 bits per heavy atom. The first-order valence-corrected chi connectivity index (χ1v) is 9.22. The van der Waals surface area contributed by atoms with Gasteiger partial charge >= 0.3 is 5.97 Å². The number of rotatable bonds is 10. The number of hydrogen-bond donors (Lipinski definition) is 2. The van der Waals surface area contributed by atoms with Crippen LogP contribution in [0.1, 0.15) is 22.3 Å². The zero-order valence-electron chi connectivity index (χ0n) is 15.9. The van der Waals surface area contributed by atoms with E-state index in [1.807, 2.05) is 49.3 Å². The first-order chi connectivity index (χ1) is 13.4. The second-order valence-electron chi connectivity index (χ2n) is 6.50. The van der Waals surface area contributed by atoms with Gasteiger partial charge in [-0.2, -0.15) is 0 Å². The largest absolute Gasteiger partial charge is 0.480 e. The van der Waals surface area contributed by atoms with E-state index in [4.69, 9.17) is 17.0 Å². The van der Waals surface area contributed by atoms with E-state index in [0.717, 1.165) is 11.3 Å². The Balaban J connectivity index is 1.83. The number of aliphatic carboxylic acids is 1. The van der Waals surface area contributed by atoms with Crippen LogP contribution in [0.3, 0.4) is 0 Å². The van der Waals surface area contributed by atoms with Crippen molar-refractivity contribution in [3.05, 3.63) is 65.7 Å². The van der Waals surface area contributed by atoms with Crippen LogP contribution in [0.15, 0.2) is 54.6 Å². The summed E-state index contributed by atoms with van der Waals surface area (Å²) >= 11 is 5.15. The molecule has 0 amide bonds. The number of ether oxygens (including phenoxy) is 1. The average Bonchev–Trinajstić information content (AvgIpc) is 2.68. The van der Waals surface area contributed by atoms with Crippen LogP contribution in [0.4, 0.5) is 5.69 Å². The normalized spacial score (nSPS) is 11.5. The lowest BCUT2D eigenvalue weighted by Crippen LogP contribution is -2.43. The Kier molecular flexibility index (Phi) is 8.10. The van der Waals surface area contributed by atoms with Gasteiger partial charge in [-0.15, -0.1) is 0 Å². The Labute approximate surface area is 170 Å². The first kappa shape index (κ1) is 21.5. The van der Waals surface area contributed by atoms with E-state index in [1.165, 1.54) is 0 Å². The average molecular weight is 401 g/mol. The molecule has 0 aliphatic carbocycles. The minimum Gasteiger partial charge on any atom is -0.480 e. The third-order valence-electron chi connectivity index (χ3n) is 4.06. The second kappa shape index (κ2) is 10.5. The van der Waals surface area contributed by atoms with Crippen LogP contribution in [0.2, 0.25) is 0 Å². The number of Topliss-reactive ketones (excluding diaryl/α,β-unsaturated/α-hetero) is 1. The standard InChI is InChI=1S/C21H24N2O4S/c1-23(2)17-10-8-15(9-11-17)13-27-14-18(21(25)26)22-20(28)12-19(24)16-6-4-3-5-7-16/h3-11,18H,12-14H2,1-2H3,(H,22,28)(H,25,26)/t18-/m0/s1. The van der Waals surface area contributed by atoms with Crippen molar-refractivity contribution in [2.45, 2.75) is 19.1 Å². The number of carboxylic acids is 1. The van der Waals surface area contributed by atoms with Crippen molar-refractivity contribution < 1.29 is 19.4 Å². The van der Waals surface area contributed by atoms with Gasteiger partial charge in [0, 0.05) is 25.3 Å². The summed E-state index contributed by atoms with van der Waals surface area (Å²) in [6, 6.07) is 15.5. The van der Waals surface area contributed by atoms with Gasteiger partial charge in [-0.3, -0.25) is 4.79 Å². The molecule has 0 spiro atoms. The van der Waals surface area contributed by atoms with Gasteiger partial charge in [0.1, 0.15) is 6.04 Å². The molecule has 28 heavy (non-hydrogen) atoms. The zero-order chi connectivity index (χ0) is 20.5. The Morgan fingerprint density at radius 2 is 1.75 bits per heavy atom. The lowest BCUT2D eigenvalue weighted by molar-refractivity contribution is -0.140. The summed E-state index contributed by atoms with van der Waals surface area (Å²) in [4.78, 5) is 25.8. The highest BCUT2D eigenvalue weighted by Gasteiger charge is 2.20. The number of nitrogens with one attached hydrogen (secondary N) is 1. The second-order valence-corrected chi connectivity index (χ2v) is 6.99.